The van der Waals surface area contributed by atoms with Gasteiger partial charge in [-0.3, -0.25) is 4.18 Å². The van der Waals surface area contributed by atoms with E-state index in [9.17, 15) is 13.5 Å². The summed E-state index contributed by atoms with van der Waals surface area (Å²) in [5.74, 6) is 0.176. The lowest BCUT2D eigenvalue weighted by atomic mass is 10.1. The van der Waals surface area contributed by atoms with Gasteiger partial charge in [0, 0.05) is 18.4 Å². The van der Waals surface area contributed by atoms with Crippen LogP contribution in [-0.4, -0.2) is 55.4 Å². The summed E-state index contributed by atoms with van der Waals surface area (Å²) in [4.78, 5) is 0. The van der Waals surface area contributed by atoms with Crippen LogP contribution in [0.2, 0.25) is 0 Å². The molecule has 4 atom stereocenters. The molecule has 2 aliphatic carbocycles. The van der Waals surface area contributed by atoms with Crippen LogP contribution in [0.3, 0.4) is 0 Å². The molecule has 4 unspecified atom stereocenters. The molecule has 0 amide bonds. The van der Waals surface area contributed by atoms with Crippen LogP contribution in [0, 0.1) is 11.8 Å². The average molecular weight is 310 g/mol. The van der Waals surface area contributed by atoms with Crippen molar-refractivity contribution in [3.8, 4) is 0 Å². The molecule has 120 valence electrons. The molecule has 2 rings (SSSR count). The van der Waals surface area contributed by atoms with Gasteiger partial charge in [0.05, 0.1) is 25.1 Å². The molecule has 0 aliphatic heterocycles. The van der Waals surface area contributed by atoms with Gasteiger partial charge in [-0.05, 0) is 25.7 Å². The zero-order valence-corrected chi connectivity index (χ0v) is 12.8. The van der Waals surface area contributed by atoms with Crippen molar-refractivity contribution in [1.82, 2.24) is 0 Å². The van der Waals surface area contributed by atoms with E-state index in [0.717, 1.165) is 44.8 Å². The molecule has 0 radical (unpaired) electrons. The van der Waals surface area contributed by atoms with E-state index in [1.54, 1.807) is 0 Å². The number of rotatable bonds is 4. The molecule has 7 heteroatoms. The number of aliphatic hydroxyl groups excluding tert-OH is 3. The Labute approximate surface area is 120 Å². The fraction of sp³-hybridized carbons (Fsp3) is 1.00. The van der Waals surface area contributed by atoms with Crippen LogP contribution < -0.4 is 0 Å². The molecule has 0 aromatic heterocycles. The Morgan fingerprint density at radius 2 is 1.50 bits per heavy atom. The molecule has 2 fully saturated rings. The van der Waals surface area contributed by atoms with Crippen LogP contribution in [0.15, 0.2) is 0 Å². The van der Waals surface area contributed by atoms with E-state index in [1.807, 2.05) is 0 Å². The average Bonchev–Trinajstić information content (AvgIpc) is 2.95. The fourth-order valence-corrected chi connectivity index (χ4v) is 3.07. The summed E-state index contributed by atoms with van der Waals surface area (Å²) < 4.78 is 25.8. The first-order valence-corrected chi connectivity index (χ1v) is 8.96. The van der Waals surface area contributed by atoms with E-state index in [2.05, 4.69) is 4.18 Å². The highest BCUT2D eigenvalue weighted by Gasteiger charge is 2.26. The molecule has 2 aliphatic rings. The summed E-state index contributed by atoms with van der Waals surface area (Å²) in [6.07, 6.45) is 5.95. The molecular weight excluding hydrogens is 284 g/mol. The first-order valence-electron chi connectivity index (χ1n) is 7.15. The van der Waals surface area contributed by atoms with E-state index < -0.39 is 10.1 Å². The molecule has 6 nitrogen and oxygen atoms in total. The van der Waals surface area contributed by atoms with E-state index in [-0.39, 0.29) is 37.3 Å². The summed E-state index contributed by atoms with van der Waals surface area (Å²) >= 11 is 0. The minimum Gasteiger partial charge on any atom is -0.396 e. The molecule has 0 saturated heterocycles. The molecule has 0 bridgehead atoms. The van der Waals surface area contributed by atoms with Crippen molar-refractivity contribution in [3.63, 3.8) is 0 Å². The Balaban J connectivity index is 0.000000217. The third kappa shape index (κ3) is 6.49. The Hall–Kier alpha value is -0.210. The maximum Gasteiger partial charge on any atom is 0.264 e. The third-order valence-electron chi connectivity index (χ3n) is 3.97. The van der Waals surface area contributed by atoms with Crippen molar-refractivity contribution < 1.29 is 27.9 Å². The molecule has 20 heavy (non-hydrogen) atoms. The van der Waals surface area contributed by atoms with E-state index in [4.69, 9.17) is 10.2 Å². The predicted octanol–water partition coefficient (Wildman–Crippen LogP) is 0.263. The van der Waals surface area contributed by atoms with Crippen LogP contribution in [0.25, 0.3) is 0 Å². The first-order chi connectivity index (χ1) is 9.33. The molecule has 0 aromatic rings. The second kappa shape index (κ2) is 8.29. The lowest BCUT2D eigenvalue weighted by molar-refractivity contribution is 0.0908. The predicted molar refractivity (Wildman–Crippen MR) is 74.6 cm³/mol. The van der Waals surface area contributed by atoms with Crippen LogP contribution in [-0.2, 0) is 14.3 Å². The first kappa shape index (κ1) is 17.8. The van der Waals surface area contributed by atoms with Crippen molar-refractivity contribution >= 4 is 10.1 Å². The normalized spacial score (nSPS) is 33.8. The second-order valence-corrected chi connectivity index (χ2v) is 7.33. The minimum atomic E-state index is -3.35. The lowest BCUT2D eigenvalue weighted by Crippen LogP contribution is -2.20. The van der Waals surface area contributed by atoms with E-state index in [1.165, 1.54) is 0 Å². The Kier molecular flexibility index (Phi) is 7.39. The molecule has 0 aromatic carbocycles. The standard InChI is InChI=1S/C7H14O4S.C6H12O2/c1-12(9,10)11-5-6-3-2-4-7(6)8;7-4-5-2-1-3-6(5)8/h6-8H,2-5H2,1H3;5-8H,1-4H2. The third-order valence-corrected chi connectivity index (χ3v) is 4.53. The maximum atomic E-state index is 10.6. The quantitative estimate of drug-likeness (QED) is 0.644. The van der Waals surface area contributed by atoms with Gasteiger partial charge in [-0.2, -0.15) is 8.42 Å². The van der Waals surface area contributed by atoms with Gasteiger partial charge in [0.2, 0.25) is 0 Å². The molecule has 0 spiro atoms. The molecular formula is C13H26O6S. The maximum absolute atomic E-state index is 10.6. The second-order valence-electron chi connectivity index (χ2n) is 5.69. The van der Waals surface area contributed by atoms with Crippen LogP contribution in [0.1, 0.15) is 38.5 Å². The van der Waals surface area contributed by atoms with Crippen molar-refractivity contribution in [2.24, 2.45) is 11.8 Å². The lowest BCUT2D eigenvalue weighted by Gasteiger charge is -2.12. The van der Waals surface area contributed by atoms with Crippen LogP contribution >= 0.6 is 0 Å². The highest BCUT2D eigenvalue weighted by molar-refractivity contribution is 7.85. The van der Waals surface area contributed by atoms with Gasteiger partial charge in [-0.25, -0.2) is 0 Å². The van der Waals surface area contributed by atoms with Crippen molar-refractivity contribution in [2.75, 3.05) is 19.5 Å². The van der Waals surface area contributed by atoms with Crippen LogP contribution in [0.5, 0.6) is 0 Å². The van der Waals surface area contributed by atoms with Gasteiger partial charge in [0.15, 0.2) is 0 Å². The van der Waals surface area contributed by atoms with Gasteiger partial charge in [-0.15, -0.1) is 0 Å². The van der Waals surface area contributed by atoms with Crippen molar-refractivity contribution in [3.05, 3.63) is 0 Å². The summed E-state index contributed by atoms with van der Waals surface area (Å²) in [6, 6.07) is 0. The summed E-state index contributed by atoms with van der Waals surface area (Å²) in [5.41, 5.74) is 0. The van der Waals surface area contributed by atoms with Gasteiger partial charge < -0.3 is 15.3 Å². The van der Waals surface area contributed by atoms with Gasteiger partial charge in [0.1, 0.15) is 0 Å². The number of hydrogen-bond acceptors (Lipinski definition) is 6. The summed E-state index contributed by atoms with van der Waals surface area (Å²) in [6.45, 7) is 0.279. The topological polar surface area (TPSA) is 104 Å². The van der Waals surface area contributed by atoms with Crippen molar-refractivity contribution in [2.45, 2.75) is 50.7 Å². The Morgan fingerprint density at radius 1 is 1.00 bits per heavy atom. The van der Waals surface area contributed by atoms with Gasteiger partial charge in [-0.1, -0.05) is 12.8 Å². The van der Waals surface area contributed by atoms with E-state index in [0.29, 0.717) is 0 Å². The van der Waals surface area contributed by atoms with E-state index >= 15 is 0 Å². The number of hydrogen-bond donors (Lipinski definition) is 3. The van der Waals surface area contributed by atoms with Gasteiger partial charge >= 0.3 is 0 Å². The highest BCUT2D eigenvalue weighted by Crippen LogP contribution is 2.26. The minimum absolute atomic E-state index is 0.000255. The smallest absolute Gasteiger partial charge is 0.264 e. The highest BCUT2D eigenvalue weighted by atomic mass is 32.2. The zero-order valence-electron chi connectivity index (χ0n) is 11.9. The van der Waals surface area contributed by atoms with Crippen molar-refractivity contribution in [1.29, 1.82) is 0 Å². The zero-order chi connectivity index (χ0) is 15.2. The largest absolute Gasteiger partial charge is 0.396 e. The fourth-order valence-electron chi connectivity index (χ4n) is 2.65. The monoisotopic (exact) mass is 310 g/mol. The molecule has 3 N–H and O–H groups in total. The van der Waals surface area contributed by atoms with Crippen LogP contribution in [0.4, 0.5) is 0 Å². The molecule has 2 saturated carbocycles. The SMILES string of the molecule is CS(=O)(=O)OCC1CCCC1O.OCC1CCCC1O. The summed E-state index contributed by atoms with van der Waals surface area (Å²) in [5, 5.41) is 26.9. The Morgan fingerprint density at radius 3 is 1.80 bits per heavy atom. The summed E-state index contributed by atoms with van der Waals surface area (Å²) in [7, 11) is -3.35. The Bertz CT molecular complexity index is 369. The number of aliphatic hydroxyl groups is 3. The molecule has 0 heterocycles. The van der Waals surface area contributed by atoms with Gasteiger partial charge in [0.25, 0.3) is 10.1 Å².